The van der Waals surface area contributed by atoms with Crippen LogP contribution in [0.15, 0.2) is 53.1 Å². The molecule has 1 aromatic carbocycles. The quantitative estimate of drug-likeness (QED) is 0.656. The number of hydrogen-bond donors (Lipinski definition) is 0. The molecule has 0 aliphatic carbocycles. The Labute approximate surface area is 143 Å². The van der Waals surface area contributed by atoms with Crippen LogP contribution in [0.5, 0.6) is 0 Å². The Morgan fingerprint density at radius 1 is 1.22 bits per heavy atom. The standard InChI is InChI=1S/C18H15N3S2/c1-2-13-9-19-6-4-15(13)16(3-1)20-18-21-10-17-12(5-7-22-17)8-14(21)11-23-18/h1-7,9,14H,8,10-11H2. The first-order chi connectivity index (χ1) is 11.4. The molecule has 0 bridgehead atoms. The lowest BCUT2D eigenvalue weighted by Crippen LogP contribution is -2.38. The number of aliphatic imine (C=N–C) groups is 1. The van der Waals surface area contributed by atoms with Crippen LogP contribution in [0, 0.1) is 0 Å². The van der Waals surface area contributed by atoms with Gasteiger partial charge in [-0.3, -0.25) is 4.98 Å². The number of benzene rings is 1. The summed E-state index contributed by atoms with van der Waals surface area (Å²) in [4.78, 5) is 13.2. The summed E-state index contributed by atoms with van der Waals surface area (Å²) in [5, 5.41) is 5.70. The van der Waals surface area contributed by atoms with E-state index in [4.69, 9.17) is 4.99 Å². The number of fused-ring (bicyclic) bond motifs is 3. The van der Waals surface area contributed by atoms with Crippen LogP contribution in [0.2, 0.25) is 0 Å². The Balaban J connectivity index is 1.55. The van der Waals surface area contributed by atoms with Crippen molar-refractivity contribution in [2.45, 2.75) is 19.0 Å². The van der Waals surface area contributed by atoms with E-state index >= 15 is 0 Å². The van der Waals surface area contributed by atoms with E-state index in [0.717, 1.165) is 29.8 Å². The summed E-state index contributed by atoms with van der Waals surface area (Å²) in [6.07, 6.45) is 4.90. The molecule has 3 aromatic rings. The minimum Gasteiger partial charge on any atom is -0.342 e. The van der Waals surface area contributed by atoms with Crippen molar-refractivity contribution in [3.8, 4) is 0 Å². The van der Waals surface area contributed by atoms with Crippen molar-refractivity contribution in [1.29, 1.82) is 0 Å². The summed E-state index contributed by atoms with van der Waals surface area (Å²) in [5.41, 5.74) is 2.58. The summed E-state index contributed by atoms with van der Waals surface area (Å²) < 4.78 is 0. The molecule has 0 spiro atoms. The third-order valence-electron chi connectivity index (χ3n) is 4.57. The van der Waals surface area contributed by atoms with Gasteiger partial charge in [-0.2, -0.15) is 0 Å². The van der Waals surface area contributed by atoms with E-state index in [-0.39, 0.29) is 0 Å². The van der Waals surface area contributed by atoms with Crippen LogP contribution >= 0.6 is 23.1 Å². The lowest BCUT2D eigenvalue weighted by molar-refractivity contribution is 0.324. The molecule has 5 heteroatoms. The van der Waals surface area contributed by atoms with E-state index in [9.17, 15) is 0 Å². The van der Waals surface area contributed by atoms with Gasteiger partial charge in [-0.05, 0) is 35.6 Å². The molecular formula is C18H15N3S2. The number of amidine groups is 1. The van der Waals surface area contributed by atoms with E-state index in [2.05, 4.69) is 45.6 Å². The third-order valence-corrected chi connectivity index (χ3v) is 6.66. The molecular weight excluding hydrogens is 322 g/mol. The van der Waals surface area contributed by atoms with E-state index in [1.54, 1.807) is 0 Å². The van der Waals surface area contributed by atoms with Crippen molar-refractivity contribution in [2.75, 3.05) is 5.75 Å². The Bertz CT molecular complexity index is 910. The molecule has 4 heterocycles. The summed E-state index contributed by atoms with van der Waals surface area (Å²) in [5.74, 6) is 1.14. The van der Waals surface area contributed by atoms with Gasteiger partial charge in [0.15, 0.2) is 5.17 Å². The Morgan fingerprint density at radius 2 is 2.22 bits per heavy atom. The highest BCUT2D eigenvalue weighted by Gasteiger charge is 2.35. The number of thioether (sulfide) groups is 1. The van der Waals surface area contributed by atoms with Crippen LogP contribution in [0.4, 0.5) is 5.69 Å². The van der Waals surface area contributed by atoms with Crippen LogP contribution < -0.4 is 0 Å². The molecule has 0 amide bonds. The van der Waals surface area contributed by atoms with E-state index < -0.39 is 0 Å². The molecule has 3 nitrogen and oxygen atoms in total. The number of rotatable bonds is 1. The van der Waals surface area contributed by atoms with Crippen molar-refractivity contribution in [3.63, 3.8) is 0 Å². The molecule has 2 aliphatic heterocycles. The maximum atomic E-state index is 5.01. The lowest BCUT2D eigenvalue weighted by Gasteiger charge is -2.30. The van der Waals surface area contributed by atoms with Gasteiger partial charge in [0.1, 0.15) is 0 Å². The number of pyridine rings is 1. The smallest absolute Gasteiger partial charge is 0.165 e. The Kier molecular flexibility index (Phi) is 3.16. The zero-order valence-corrected chi connectivity index (χ0v) is 14.1. The van der Waals surface area contributed by atoms with E-state index in [1.807, 2.05) is 35.5 Å². The van der Waals surface area contributed by atoms with Gasteiger partial charge in [0.25, 0.3) is 0 Å². The molecule has 5 rings (SSSR count). The molecule has 1 saturated heterocycles. The van der Waals surface area contributed by atoms with Crippen molar-refractivity contribution in [1.82, 2.24) is 9.88 Å². The number of hydrogen-bond acceptors (Lipinski definition) is 4. The second kappa shape index (κ2) is 5.35. The maximum absolute atomic E-state index is 5.01. The lowest BCUT2D eigenvalue weighted by atomic mass is 10.0. The number of nitrogens with zero attached hydrogens (tertiary/aromatic N) is 3. The van der Waals surface area contributed by atoms with Gasteiger partial charge in [0.05, 0.1) is 12.2 Å². The molecule has 0 radical (unpaired) electrons. The number of thiophene rings is 1. The van der Waals surface area contributed by atoms with Crippen molar-refractivity contribution in [3.05, 3.63) is 58.5 Å². The fourth-order valence-corrected chi connectivity index (χ4v) is 5.46. The zero-order valence-electron chi connectivity index (χ0n) is 12.5. The van der Waals surface area contributed by atoms with Crippen LogP contribution in [0.1, 0.15) is 10.4 Å². The van der Waals surface area contributed by atoms with Gasteiger partial charge in [-0.1, -0.05) is 23.9 Å². The van der Waals surface area contributed by atoms with E-state index in [1.165, 1.54) is 21.0 Å². The van der Waals surface area contributed by atoms with Crippen LogP contribution in [0.25, 0.3) is 10.8 Å². The highest BCUT2D eigenvalue weighted by atomic mass is 32.2. The minimum atomic E-state index is 0.595. The second-order valence-electron chi connectivity index (χ2n) is 5.93. The normalized spacial score (nSPS) is 21.7. The highest BCUT2D eigenvalue weighted by molar-refractivity contribution is 8.14. The molecule has 2 aromatic heterocycles. The molecule has 23 heavy (non-hydrogen) atoms. The molecule has 1 fully saturated rings. The summed E-state index contributed by atoms with van der Waals surface area (Å²) in [6, 6.07) is 11.2. The first-order valence-electron chi connectivity index (χ1n) is 7.74. The first kappa shape index (κ1) is 13.6. The van der Waals surface area contributed by atoms with E-state index in [0.29, 0.717) is 6.04 Å². The van der Waals surface area contributed by atoms with Gasteiger partial charge >= 0.3 is 0 Å². The number of aromatic nitrogens is 1. The first-order valence-corrected chi connectivity index (χ1v) is 9.61. The van der Waals surface area contributed by atoms with Crippen molar-refractivity contribution >= 4 is 44.7 Å². The largest absolute Gasteiger partial charge is 0.342 e. The minimum absolute atomic E-state index is 0.595. The third kappa shape index (κ3) is 2.26. The molecule has 1 atom stereocenters. The average molecular weight is 337 g/mol. The van der Waals surface area contributed by atoms with Crippen LogP contribution in [-0.4, -0.2) is 26.8 Å². The Morgan fingerprint density at radius 3 is 3.22 bits per heavy atom. The molecule has 2 aliphatic rings. The molecule has 0 saturated carbocycles. The Hall–Kier alpha value is -1.85. The predicted octanol–water partition coefficient (Wildman–Crippen LogP) is 4.46. The second-order valence-corrected chi connectivity index (χ2v) is 7.92. The van der Waals surface area contributed by atoms with Gasteiger partial charge in [-0.25, -0.2) is 4.99 Å². The maximum Gasteiger partial charge on any atom is 0.165 e. The monoisotopic (exact) mass is 337 g/mol. The van der Waals surface area contributed by atoms with Crippen LogP contribution in [0.3, 0.4) is 0 Å². The summed E-state index contributed by atoms with van der Waals surface area (Å²) >= 11 is 3.76. The van der Waals surface area contributed by atoms with Crippen molar-refractivity contribution in [2.24, 2.45) is 4.99 Å². The topological polar surface area (TPSA) is 28.5 Å². The summed E-state index contributed by atoms with van der Waals surface area (Å²) in [7, 11) is 0. The molecule has 0 N–H and O–H groups in total. The summed E-state index contributed by atoms with van der Waals surface area (Å²) in [6.45, 7) is 1.01. The molecule has 1 unspecified atom stereocenters. The average Bonchev–Trinajstić information content (AvgIpc) is 3.20. The molecule has 114 valence electrons. The predicted molar refractivity (Wildman–Crippen MR) is 98.7 cm³/mol. The van der Waals surface area contributed by atoms with Crippen LogP contribution in [-0.2, 0) is 13.0 Å². The SMILES string of the molecule is c1cc(N=C2SCC3Cc4ccsc4CN23)c2ccncc2c1. The van der Waals surface area contributed by atoms with Gasteiger partial charge in [-0.15, -0.1) is 11.3 Å². The fraction of sp³-hybridized carbons (Fsp3) is 0.222. The van der Waals surface area contributed by atoms with Gasteiger partial charge in [0.2, 0.25) is 0 Å². The zero-order chi connectivity index (χ0) is 15.2. The van der Waals surface area contributed by atoms with Gasteiger partial charge in [0, 0.05) is 39.8 Å². The van der Waals surface area contributed by atoms with Crippen molar-refractivity contribution < 1.29 is 0 Å². The van der Waals surface area contributed by atoms with Gasteiger partial charge < -0.3 is 4.90 Å². The highest BCUT2D eigenvalue weighted by Crippen LogP contribution is 2.37. The fourth-order valence-electron chi connectivity index (χ4n) is 3.36.